The van der Waals surface area contributed by atoms with Crippen LogP contribution in [0.3, 0.4) is 0 Å². The van der Waals surface area contributed by atoms with Crippen LogP contribution in [0.15, 0.2) is 0 Å². The van der Waals surface area contributed by atoms with Crippen LogP contribution in [0, 0.1) is 5.92 Å². The Balaban J connectivity index is 2.44. The Labute approximate surface area is 116 Å². The van der Waals surface area contributed by atoms with Gasteiger partial charge in [-0.05, 0) is 19.3 Å². The van der Waals surface area contributed by atoms with Crippen LogP contribution in [-0.2, 0) is 14.8 Å². The topological polar surface area (TPSA) is 66.5 Å². The first-order valence-electron chi connectivity index (χ1n) is 6.48. The molecule has 0 aromatic carbocycles. The number of carbonyl (C=O) groups is 1. The van der Waals surface area contributed by atoms with Gasteiger partial charge in [0.05, 0.1) is 5.75 Å². The van der Waals surface area contributed by atoms with E-state index in [1.165, 1.54) is 4.31 Å². The lowest BCUT2D eigenvalue weighted by atomic mass is 9.97. The van der Waals surface area contributed by atoms with Gasteiger partial charge in [0.1, 0.15) is 6.54 Å². The van der Waals surface area contributed by atoms with Gasteiger partial charge in [0.25, 0.3) is 0 Å². The molecule has 1 aliphatic heterocycles. The van der Waals surface area contributed by atoms with Crippen molar-refractivity contribution in [3.8, 4) is 0 Å². The summed E-state index contributed by atoms with van der Waals surface area (Å²) < 4.78 is 60.9. The summed E-state index contributed by atoms with van der Waals surface area (Å²) in [7, 11) is -3.30. The molecule has 0 atom stereocenters. The zero-order valence-electron chi connectivity index (χ0n) is 11.2. The van der Waals surface area contributed by atoms with E-state index >= 15 is 0 Å². The van der Waals surface area contributed by atoms with Crippen LogP contribution in [-0.4, -0.2) is 50.2 Å². The SMILES string of the molecule is CCCS(=O)(=O)N1CCC(C(=O)NCC(F)(F)F)CC1. The largest absolute Gasteiger partial charge is 0.405 e. The van der Waals surface area contributed by atoms with E-state index in [4.69, 9.17) is 0 Å². The van der Waals surface area contributed by atoms with Gasteiger partial charge in [0, 0.05) is 19.0 Å². The molecule has 0 saturated carbocycles. The number of nitrogens with one attached hydrogen (secondary N) is 1. The van der Waals surface area contributed by atoms with Crippen LogP contribution < -0.4 is 5.32 Å². The molecule has 1 saturated heterocycles. The minimum atomic E-state index is -4.43. The molecular formula is C11H19F3N2O3S. The van der Waals surface area contributed by atoms with Gasteiger partial charge < -0.3 is 5.32 Å². The standard InChI is InChI=1S/C11H19F3N2O3S/c1-2-7-20(18,19)16-5-3-9(4-6-16)10(17)15-8-11(12,13)14/h9H,2-8H2,1H3,(H,15,17). The van der Waals surface area contributed by atoms with Crippen LogP contribution in [0.1, 0.15) is 26.2 Å². The molecule has 0 spiro atoms. The summed E-state index contributed by atoms with van der Waals surface area (Å²) in [5.74, 6) is -1.15. The number of halogens is 3. The molecule has 0 unspecified atom stereocenters. The zero-order chi connectivity index (χ0) is 15.4. The third-order valence-corrected chi connectivity index (χ3v) is 5.22. The summed E-state index contributed by atoms with van der Waals surface area (Å²) in [6.45, 7) is 0.786. The summed E-state index contributed by atoms with van der Waals surface area (Å²) in [5, 5.41) is 1.84. The van der Waals surface area contributed by atoms with Crippen molar-refractivity contribution in [2.24, 2.45) is 5.92 Å². The van der Waals surface area contributed by atoms with Crippen LogP contribution in [0.4, 0.5) is 13.2 Å². The number of hydrogen-bond donors (Lipinski definition) is 1. The number of rotatable bonds is 5. The average Bonchev–Trinajstić information content (AvgIpc) is 2.35. The van der Waals surface area contributed by atoms with Gasteiger partial charge >= 0.3 is 6.18 Å². The molecule has 118 valence electrons. The van der Waals surface area contributed by atoms with E-state index in [0.717, 1.165) is 0 Å². The Bertz CT molecular complexity index is 429. The number of alkyl halides is 3. The molecule has 1 amide bonds. The van der Waals surface area contributed by atoms with Gasteiger partial charge in [-0.25, -0.2) is 12.7 Å². The molecule has 1 rings (SSSR count). The monoisotopic (exact) mass is 316 g/mol. The van der Waals surface area contributed by atoms with Crippen LogP contribution >= 0.6 is 0 Å². The van der Waals surface area contributed by atoms with Crippen molar-refractivity contribution in [3.63, 3.8) is 0 Å². The minimum absolute atomic E-state index is 0.0535. The molecule has 0 radical (unpaired) electrons. The first-order valence-corrected chi connectivity index (χ1v) is 8.09. The number of piperidine rings is 1. The van der Waals surface area contributed by atoms with E-state index in [9.17, 15) is 26.4 Å². The Morgan fingerprint density at radius 1 is 1.30 bits per heavy atom. The number of carbonyl (C=O) groups excluding carboxylic acids is 1. The van der Waals surface area contributed by atoms with Gasteiger partial charge in [0.15, 0.2) is 0 Å². The van der Waals surface area contributed by atoms with E-state index in [2.05, 4.69) is 0 Å². The molecule has 0 aliphatic carbocycles. The van der Waals surface area contributed by atoms with Gasteiger partial charge in [-0.2, -0.15) is 13.2 Å². The second kappa shape index (κ2) is 6.75. The molecule has 1 heterocycles. The highest BCUT2D eigenvalue weighted by atomic mass is 32.2. The van der Waals surface area contributed by atoms with E-state index in [1.807, 2.05) is 5.32 Å². The van der Waals surface area contributed by atoms with E-state index in [0.29, 0.717) is 6.42 Å². The molecule has 20 heavy (non-hydrogen) atoms. The minimum Gasteiger partial charge on any atom is -0.347 e. The lowest BCUT2D eigenvalue weighted by Gasteiger charge is -2.30. The lowest BCUT2D eigenvalue weighted by molar-refractivity contribution is -0.141. The summed E-state index contributed by atoms with van der Waals surface area (Å²) in [6.07, 6.45) is -3.41. The molecule has 0 aromatic rings. The van der Waals surface area contributed by atoms with E-state index < -0.39 is 34.6 Å². The predicted molar refractivity (Wildman–Crippen MR) is 67.4 cm³/mol. The third-order valence-electron chi connectivity index (χ3n) is 3.14. The Morgan fingerprint density at radius 3 is 2.30 bits per heavy atom. The van der Waals surface area contributed by atoms with Crippen molar-refractivity contribution < 1.29 is 26.4 Å². The van der Waals surface area contributed by atoms with E-state index in [1.54, 1.807) is 6.92 Å². The smallest absolute Gasteiger partial charge is 0.347 e. The number of sulfonamides is 1. The zero-order valence-corrected chi connectivity index (χ0v) is 12.1. The second-order valence-electron chi connectivity index (χ2n) is 4.82. The van der Waals surface area contributed by atoms with Gasteiger partial charge in [-0.3, -0.25) is 4.79 Å². The Morgan fingerprint density at radius 2 is 1.85 bits per heavy atom. The van der Waals surface area contributed by atoms with Gasteiger partial charge in [-0.1, -0.05) is 6.92 Å². The fourth-order valence-corrected chi connectivity index (χ4v) is 3.66. The molecule has 1 N–H and O–H groups in total. The quantitative estimate of drug-likeness (QED) is 0.826. The first-order chi connectivity index (χ1) is 9.15. The second-order valence-corrected chi connectivity index (χ2v) is 6.91. The lowest BCUT2D eigenvalue weighted by Crippen LogP contribution is -2.45. The highest BCUT2D eigenvalue weighted by Gasteiger charge is 2.33. The van der Waals surface area contributed by atoms with Crippen molar-refractivity contribution >= 4 is 15.9 Å². The summed E-state index contributed by atoms with van der Waals surface area (Å²) in [6, 6.07) is 0. The number of amides is 1. The van der Waals surface area contributed by atoms with Crippen molar-refractivity contribution in [1.82, 2.24) is 9.62 Å². The number of hydrogen-bond acceptors (Lipinski definition) is 3. The maximum absolute atomic E-state index is 12.0. The summed E-state index contributed by atoms with van der Waals surface area (Å²) in [4.78, 5) is 11.5. The van der Waals surface area contributed by atoms with Crippen molar-refractivity contribution in [3.05, 3.63) is 0 Å². The van der Waals surface area contributed by atoms with Crippen molar-refractivity contribution in [2.45, 2.75) is 32.4 Å². The van der Waals surface area contributed by atoms with Crippen LogP contribution in [0.2, 0.25) is 0 Å². The maximum atomic E-state index is 12.0. The number of nitrogens with zero attached hydrogens (tertiary/aromatic N) is 1. The van der Waals surface area contributed by atoms with Crippen molar-refractivity contribution in [2.75, 3.05) is 25.4 Å². The average molecular weight is 316 g/mol. The predicted octanol–water partition coefficient (Wildman–Crippen LogP) is 1.12. The molecule has 9 heteroatoms. The third kappa shape index (κ3) is 5.28. The van der Waals surface area contributed by atoms with Gasteiger partial charge in [0.2, 0.25) is 15.9 Å². The van der Waals surface area contributed by atoms with Crippen LogP contribution in [0.5, 0.6) is 0 Å². The Kier molecular flexibility index (Phi) is 5.81. The van der Waals surface area contributed by atoms with Crippen LogP contribution in [0.25, 0.3) is 0 Å². The highest BCUT2D eigenvalue weighted by Crippen LogP contribution is 2.21. The molecule has 1 aliphatic rings. The normalized spacial score (nSPS) is 19.0. The summed E-state index contributed by atoms with van der Waals surface area (Å²) >= 11 is 0. The van der Waals surface area contributed by atoms with Crippen molar-refractivity contribution in [1.29, 1.82) is 0 Å². The first kappa shape index (κ1) is 17.2. The molecule has 1 fully saturated rings. The molecule has 5 nitrogen and oxygen atoms in total. The molecule has 0 aromatic heterocycles. The maximum Gasteiger partial charge on any atom is 0.405 e. The summed E-state index contributed by atoms with van der Waals surface area (Å²) in [5.41, 5.74) is 0. The fourth-order valence-electron chi connectivity index (χ4n) is 2.11. The molecule has 0 bridgehead atoms. The fraction of sp³-hybridized carbons (Fsp3) is 0.909. The highest BCUT2D eigenvalue weighted by molar-refractivity contribution is 7.89. The van der Waals surface area contributed by atoms with Gasteiger partial charge in [-0.15, -0.1) is 0 Å². The molecular weight excluding hydrogens is 297 g/mol. The van der Waals surface area contributed by atoms with E-state index in [-0.39, 0.29) is 31.7 Å². The Hall–Kier alpha value is -0.830.